The molecule has 0 aliphatic heterocycles. The Morgan fingerprint density at radius 2 is 1.88 bits per heavy atom. The van der Waals surface area contributed by atoms with E-state index in [0.29, 0.717) is 30.5 Å². The summed E-state index contributed by atoms with van der Waals surface area (Å²) >= 11 is 0. The van der Waals surface area contributed by atoms with Crippen molar-refractivity contribution < 1.29 is 18.1 Å². The van der Waals surface area contributed by atoms with Gasteiger partial charge in [0.1, 0.15) is 5.82 Å². The van der Waals surface area contributed by atoms with Crippen LogP contribution in [-0.4, -0.2) is 36.9 Å². The third kappa shape index (κ3) is 5.91. The molecule has 0 N–H and O–H groups in total. The van der Waals surface area contributed by atoms with Crippen LogP contribution in [0.4, 0.5) is 4.39 Å². The molecule has 0 bridgehead atoms. The molecule has 0 saturated heterocycles. The zero-order valence-electron chi connectivity index (χ0n) is 9.86. The maximum Gasteiger partial charge on any atom is 0.123 e. The summed E-state index contributed by atoms with van der Waals surface area (Å²) in [6.45, 7) is 1.71. The number of ether oxygens (including phenoxy) is 2. The molecule has 0 radical (unpaired) electrons. The fourth-order valence-corrected chi connectivity index (χ4v) is 2.19. The topological polar surface area (TPSA) is 35.5 Å². The van der Waals surface area contributed by atoms with E-state index in [0.717, 1.165) is 6.42 Å². The van der Waals surface area contributed by atoms with Crippen molar-refractivity contribution in [3.8, 4) is 0 Å². The molecule has 1 unspecified atom stereocenters. The van der Waals surface area contributed by atoms with E-state index in [4.69, 9.17) is 9.47 Å². The molecule has 0 fully saturated rings. The Morgan fingerprint density at radius 1 is 1.18 bits per heavy atom. The number of rotatable bonds is 8. The molecule has 0 amide bonds. The Balaban J connectivity index is 2.19. The second-order valence-electron chi connectivity index (χ2n) is 3.46. The molecule has 1 atom stereocenters. The average Bonchev–Trinajstić information content (AvgIpc) is 2.34. The Labute approximate surface area is 103 Å². The minimum absolute atomic E-state index is 0.318. The summed E-state index contributed by atoms with van der Waals surface area (Å²) < 4.78 is 34.5. The fraction of sp³-hybridized carbons (Fsp3) is 0.500. The monoisotopic (exact) mass is 260 g/mol. The second-order valence-corrected chi connectivity index (χ2v) is 5.03. The first-order chi connectivity index (χ1) is 8.24. The van der Waals surface area contributed by atoms with Gasteiger partial charge in [0.15, 0.2) is 0 Å². The van der Waals surface area contributed by atoms with Crippen LogP contribution in [0.15, 0.2) is 29.2 Å². The van der Waals surface area contributed by atoms with E-state index in [1.807, 2.05) is 0 Å². The number of benzene rings is 1. The van der Waals surface area contributed by atoms with Crippen LogP contribution in [0.1, 0.15) is 6.42 Å². The van der Waals surface area contributed by atoms with E-state index in [-0.39, 0.29) is 5.82 Å². The molecule has 3 nitrogen and oxygen atoms in total. The van der Waals surface area contributed by atoms with Crippen LogP contribution >= 0.6 is 0 Å². The second kappa shape index (κ2) is 8.33. The fourth-order valence-electron chi connectivity index (χ4n) is 1.25. The van der Waals surface area contributed by atoms with E-state index < -0.39 is 10.8 Å². The van der Waals surface area contributed by atoms with Crippen LogP contribution in [-0.2, 0) is 20.3 Å². The van der Waals surface area contributed by atoms with Crippen LogP contribution < -0.4 is 0 Å². The lowest BCUT2D eigenvalue weighted by molar-refractivity contribution is 0.112. The molecule has 0 aromatic heterocycles. The Kier molecular flexibility index (Phi) is 7.00. The molecule has 0 heterocycles. The number of hydrogen-bond acceptors (Lipinski definition) is 3. The molecular weight excluding hydrogens is 243 g/mol. The minimum Gasteiger partial charge on any atom is -0.385 e. The molecule has 1 aromatic rings. The first kappa shape index (κ1) is 14.3. The summed E-state index contributed by atoms with van der Waals surface area (Å²) in [5.74, 6) is 0.111. The van der Waals surface area contributed by atoms with Crippen molar-refractivity contribution in [1.29, 1.82) is 0 Å². The normalized spacial score (nSPS) is 12.6. The first-order valence-corrected chi connectivity index (χ1v) is 6.76. The number of hydrogen-bond donors (Lipinski definition) is 0. The molecular formula is C12H17FO3S. The quantitative estimate of drug-likeness (QED) is 0.671. The molecule has 1 aromatic carbocycles. The van der Waals surface area contributed by atoms with Gasteiger partial charge in [0.25, 0.3) is 0 Å². The van der Waals surface area contributed by atoms with E-state index in [1.54, 1.807) is 7.11 Å². The predicted molar refractivity (Wildman–Crippen MR) is 65.0 cm³/mol. The lowest BCUT2D eigenvalue weighted by atomic mass is 10.4. The summed E-state index contributed by atoms with van der Waals surface area (Å²) in [4.78, 5) is 0.631. The molecule has 0 spiro atoms. The molecule has 5 heteroatoms. The van der Waals surface area contributed by atoms with Crippen molar-refractivity contribution in [3.05, 3.63) is 30.1 Å². The van der Waals surface area contributed by atoms with Gasteiger partial charge in [-0.25, -0.2) is 4.39 Å². The summed E-state index contributed by atoms with van der Waals surface area (Å²) in [7, 11) is 0.521. The first-order valence-electron chi connectivity index (χ1n) is 5.44. The SMILES string of the molecule is COCCCOCCS(=O)c1ccc(F)cc1. The van der Waals surface area contributed by atoms with Crippen molar-refractivity contribution in [2.75, 3.05) is 32.7 Å². The third-order valence-electron chi connectivity index (χ3n) is 2.13. The Bertz CT molecular complexity index is 340. The Morgan fingerprint density at radius 3 is 2.53 bits per heavy atom. The van der Waals surface area contributed by atoms with Gasteiger partial charge in [-0.3, -0.25) is 4.21 Å². The zero-order chi connectivity index (χ0) is 12.5. The van der Waals surface area contributed by atoms with E-state index >= 15 is 0 Å². The van der Waals surface area contributed by atoms with Gasteiger partial charge in [-0.1, -0.05) is 0 Å². The Hall–Kier alpha value is -0.780. The third-order valence-corrected chi connectivity index (χ3v) is 3.46. The van der Waals surface area contributed by atoms with Gasteiger partial charge < -0.3 is 9.47 Å². The maximum absolute atomic E-state index is 12.6. The van der Waals surface area contributed by atoms with Crippen LogP contribution in [0, 0.1) is 5.82 Å². The van der Waals surface area contributed by atoms with Crippen molar-refractivity contribution in [2.24, 2.45) is 0 Å². The largest absolute Gasteiger partial charge is 0.385 e. The lowest BCUT2D eigenvalue weighted by Crippen LogP contribution is -2.08. The van der Waals surface area contributed by atoms with Crippen LogP contribution in [0.5, 0.6) is 0 Å². The van der Waals surface area contributed by atoms with Gasteiger partial charge in [-0.05, 0) is 30.7 Å². The molecule has 0 saturated carbocycles. The number of halogens is 1. The van der Waals surface area contributed by atoms with Crippen LogP contribution in [0.2, 0.25) is 0 Å². The van der Waals surface area contributed by atoms with Gasteiger partial charge in [0.2, 0.25) is 0 Å². The molecule has 1 rings (SSSR count). The van der Waals surface area contributed by atoms with Crippen LogP contribution in [0.25, 0.3) is 0 Å². The van der Waals surface area contributed by atoms with Crippen molar-refractivity contribution in [3.63, 3.8) is 0 Å². The zero-order valence-corrected chi connectivity index (χ0v) is 10.7. The van der Waals surface area contributed by atoms with Crippen molar-refractivity contribution in [2.45, 2.75) is 11.3 Å². The highest BCUT2D eigenvalue weighted by atomic mass is 32.2. The van der Waals surface area contributed by atoms with Crippen molar-refractivity contribution in [1.82, 2.24) is 0 Å². The van der Waals surface area contributed by atoms with Gasteiger partial charge >= 0.3 is 0 Å². The molecule has 96 valence electrons. The maximum atomic E-state index is 12.6. The van der Waals surface area contributed by atoms with E-state index in [1.165, 1.54) is 24.3 Å². The highest BCUT2D eigenvalue weighted by molar-refractivity contribution is 7.85. The summed E-state index contributed by atoms with van der Waals surface area (Å²) in [6, 6.07) is 5.70. The highest BCUT2D eigenvalue weighted by Crippen LogP contribution is 2.07. The minimum atomic E-state index is -1.12. The summed E-state index contributed by atoms with van der Waals surface area (Å²) in [5, 5.41) is 0. The number of methoxy groups -OCH3 is 1. The molecule has 0 aliphatic carbocycles. The van der Waals surface area contributed by atoms with Crippen molar-refractivity contribution >= 4 is 10.8 Å². The highest BCUT2D eigenvalue weighted by Gasteiger charge is 2.03. The summed E-state index contributed by atoms with van der Waals surface area (Å²) in [6.07, 6.45) is 0.833. The van der Waals surface area contributed by atoms with Crippen LogP contribution in [0.3, 0.4) is 0 Å². The van der Waals surface area contributed by atoms with E-state index in [2.05, 4.69) is 0 Å². The smallest absolute Gasteiger partial charge is 0.123 e. The van der Waals surface area contributed by atoms with Gasteiger partial charge in [0, 0.05) is 25.2 Å². The molecule has 17 heavy (non-hydrogen) atoms. The predicted octanol–water partition coefficient (Wildman–Crippen LogP) is 1.99. The average molecular weight is 260 g/mol. The molecule has 0 aliphatic rings. The van der Waals surface area contributed by atoms with Gasteiger partial charge in [-0.2, -0.15) is 0 Å². The lowest BCUT2D eigenvalue weighted by Gasteiger charge is -2.04. The van der Waals surface area contributed by atoms with Gasteiger partial charge in [-0.15, -0.1) is 0 Å². The van der Waals surface area contributed by atoms with E-state index in [9.17, 15) is 8.60 Å². The van der Waals surface area contributed by atoms with Gasteiger partial charge in [0.05, 0.1) is 23.2 Å². The summed E-state index contributed by atoms with van der Waals surface area (Å²) in [5.41, 5.74) is 0. The standard InChI is InChI=1S/C12H17FO3S/c1-15-7-2-8-16-9-10-17(14)12-5-3-11(13)4-6-12/h3-6H,2,7-10H2,1H3.